The number of carboxylic acid groups (broad SMARTS) is 1. The summed E-state index contributed by atoms with van der Waals surface area (Å²) >= 11 is 1.37. The Hall–Kier alpha value is -2.93. The van der Waals surface area contributed by atoms with Crippen molar-refractivity contribution in [1.29, 1.82) is 0 Å². The SMILES string of the molecule is O=C(O)c1ccc2sn(CCCCCCNC(=O)c3ccccc3)c(=O)c2c1. The second-order valence-electron chi connectivity index (χ2n) is 6.55. The largest absolute Gasteiger partial charge is 0.478 e. The molecule has 0 spiro atoms. The second-order valence-corrected chi connectivity index (χ2v) is 7.61. The third-order valence-corrected chi connectivity index (χ3v) is 5.62. The first kappa shape index (κ1) is 19.8. The van der Waals surface area contributed by atoms with Crippen molar-refractivity contribution in [2.45, 2.75) is 32.2 Å². The molecule has 1 amide bonds. The summed E-state index contributed by atoms with van der Waals surface area (Å²) < 4.78 is 2.49. The van der Waals surface area contributed by atoms with Crippen LogP contribution in [0.15, 0.2) is 53.3 Å². The summed E-state index contributed by atoms with van der Waals surface area (Å²) in [6, 6.07) is 13.8. The van der Waals surface area contributed by atoms with Gasteiger partial charge in [-0.1, -0.05) is 42.6 Å². The molecule has 0 saturated carbocycles. The third kappa shape index (κ3) is 4.86. The molecule has 0 radical (unpaired) electrons. The van der Waals surface area contributed by atoms with Crippen LogP contribution in [0.5, 0.6) is 0 Å². The highest BCUT2D eigenvalue weighted by atomic mass is 32.1. The zero-order chi connectivity index (χ0) is 19.9. The minimum atomic E-state index is -1.03. The number of hydrogen-bond donors (Lipinski definition) is 2. The molecular weight excluding hydrogens is 376 g/mol. The number of nitrogens with one attached hydrogen (secondary N) is 1. The Bertz CT molecular complexity index is 1020. The first-order valence-corrected chi connectivity index (χ1v) is 10.0. The number of aryl methyl sites for hydroxylation is 1. The normalized spacial score (nSPS) is 10.9. The van der Waals surface area contributed by atoms with Crippen LogP contribution in [0, 0.1) is 0 Å². The summed E-state index contributed by atoms with van der Waals surface area (Å²) in [6.45, 7) is 1.26. The number of nitrogens with zero attached hydrogens (tertiary/aromatic N) is 1. The van der Waals surface area contributed by atoms with Crippen LogP contribution in [0.4, 0.5) is 0 Å². The van der Waals surface area contributed by atoms with E-state index in [9.17, 15) is 14.4 Å². The van der Waals surface area contributed by atoms with Crippen molar-refractivity contribution in [3.63, 3.8) is 0 Å². The highest BCUT2D eigenvalue weighted by molar-refractivity contribution is 7.13. The number of aromatic carboxylic acids is 1. The number of carbonyl (C=O) groups excluding carboxylic acids is 1. The van der Waals surface area contributed by atoms with Gasteiger partial charge in [0.15, 0.2) is 0 Å². The molecule has 2 N–H and O–H groups in total. The fraction of sp³-hybridized carbons (Fsp3) is 0.286. The maximum Gasteiger partial charge on any atom is 0.335 e. The summed E-state index contributed by atoms with van der Waals surface area (Å²) in [6.07, 6.45) is 3.69. The average Bonchev–Trinajstić information content (AvgIpc) is 3.03. The number of benzene rings is 2. The number of fused-ring (bicyclic) bond motifs is 1. The van der Waals surface area contributed by atoms with Gasteiger partial charge in [-0.05, 0) is 43.2 Å². The first-order valence-electron chi connectivity index (χ1n) is 9.26. The lowest BCUT2D eigenvalue weighted by Gasteiger charge is -2.05. The Kier molecular flexibility index (Phi) is 6.60. The van der Waals surface area contributed by atoms with Crippen molar-refractivity contribution in [1.82, 2.24) is 9.27 Å². The molecule has 3 rings (SSSR count). The van der Waals surface area contributed by atoms with Gasteiger partial charge in [0.2, 0.25) is 0 Å². The van der Waals surface area contributed by atoms with Gasteiger partial charge in [0, 0.05) is 18.7 Å². The van der Waals surface area contributed by atoms with E-state index in [-0.39, 0.29) is 17.0 Å². The molecule has 0 aliphatic carbocycles. The van der Waals surface area contributed by atoms with Gasteiger partial charge >= 0.3 is 5.97 Å². The monoisotopic (exact) mass is 398 g/mol. The number of amides is 1. The van der Waals surface area contributed by atoms with Crippen molar-refractivity contribution in [2.75, 3.05) is 6.54 Å². The molecule has 0 saturated heterocycles. The molecule has 0 aliphatic rings. The molecule has 28 heavy (non-hydrogen) atoms. The van der Waals surface area contributed by atoms with E-state index in [1.165, 1.54) is 23.7 Å². The average molecular weight is 398 g/mol. The molecule has 1 aromatic heterocycles. The standard InChI is InChI=1S/C21H22N2O4S/c24-19(15-8-4-3-5-9-15)22-12-6-1-2-7-13-23-20(25)17-14-16(21(26)27)10-11-18(17)28-23/h3-5,8-11,14H,1-2,6-7,12-13H2,(H,22,24)(H,26,27). The Balaban J connectivity index is 1.41. The lowest BCUT2D eigenvalue weighted by atomic mass is 10.1. The molecule has 7 heteroatoms. The summed E-state index contributed by atoms with van der Waals surface area (Å²) in [5.74, 6) is -1.09. The van der Waals surface area contributed by atoms with Gasteiger partial charge in [-0.15, -0.1) is 0 Å². The van der Waals surface area contributed by atoms with E-state index in [2.05, 4.69) is 5.32 Å². The Morgan fingerprint density at radius 3 is 2.46 bits per heavy atom. The smallest absolute Gasteiger partial charge is 0.335 e. The lowest BCUT2D eigenvalue weighted by molar-refractivity contribution is 0.0696. The van der Waals surface area contributed by atoms with E-state index in [1.807, 2.05) is 18.2 Å². The van der Waals surface area contributed by atoms with Gasteiger partial charge in [0.1, 0.15) is 0 Å². The van der Waals surface area contributed by atoms with Crippen molar-refractivity contribution >= 4 is 33.5 Å². The van der Waals surface area contributed by atoms with E-state index in [0.29, 0.717) is 24.0 Å². The van der Waals surface area contributed by atoms with Crippen LogP contribution in [0.2, 0.25) is 0 Å². The van der Waals surface area contributed by atoms with Gasteiger partial charge in [-0.2, -0.15) is 0 Å². The summed E-state index contributed by atoms with van der Waals surface area (Å²) in [7, 11) is 0. The number of hydrogen-bond acceptors (Lipinski definition) is 4. The molecule has 0 aliphatic heterocycles. The number of carboxylic acids is 1. The zero-order valence-electron chi connectivity index (χ0n) is 15.4. The maximum atomic E-state index is 12.4. The number of aromatic nitrogens is 1. The quantitative estimate of drug-likeness (QED) is 0.537. The van der Waals surface area contributed by atoms with Gasteiger partial charge in [0.05, 0.1) is 15.6 Å². The van der Waals surface area contributed by atoms with E-state index in [4.69, 9.17) is 5.11 Å². The fourth-order valence-electron chi connectivity index (χ4n) is 2.98. The van der Waals surface area contributed by atoms with E-state index in [1.54, 1.807) is 22.2 Å². The van der Waals surface area contributed by atoms with Gasteiger partial charge in [0.25, 0.3) is 11.5 Å². The molecule has 146 valence electrons. The van der Waals surface area contributed by atoms with Crippen LogP contribution < -0.4 is 10.9 Å². The van der Waals surface area contributed by atoms with E-state index < -0.39 is 5.97 Å². The summed E-state index contributed by atoms with van der Waals surface area (Å²) in [5.41, 5.74) is 0.669. The number of rotatable bonds is 9. The highest BCUT2D eigenvalue weighted by Crippen LogP contribution is 2.19. The molecule has 2 aromatic carbocycles. The van der Waals surface area contributed by atoms with Gasteiger partial charge < -0.3 is 10.4 Å². The van der Waals surface area contributed by atoms with Gasteiger partial charge in [-0.25, -0.2) is 4.79 Å². The molecule has 3 aromatic rings. The van der Waals surface area contributed by atoms with Crippen LogP contribution in [-0.4, -0.2) is 27.5 Å². The van der Waals surface area contributed by atoms with E-state index >= 15 is 0 Å². The summed E-state index contributed by atoms with van der Waals surface area (Å²) in [5, 5.41) is 12.4. The van der Waals surface area contributed by atoms with Crippen LogP contribution in [0.25, 0.3) is 10.1 Å². The van der Waals surface area contributed by atoms with Crippen LogP contribution in [0.3, 0.4) is 0 Å². The Morgan fingerprint density at radius 2 is 1.71 bits per heavy atom. The second kappa shape index (κ2) is 9.32. The first-order chi connectivity index (χ1) is 13.6. The minimum absolute atomic E-state index is 0.0573. The topological polar surface area (TPSA) is 88.4 Å². The molecule has 0 fully saturated rings. The molecule has 0 atom stereocenters. The summed E-state index contributed by atoms with van der Waals surface area (Å²) in [4.78, 5) is 35.4. The Morgan fingerprint density at radius 1 is 0.964 bits per heavy atom. The van der Waals surface area contributed by atoms with Crippen LogP contribution >= 0.6 is 11.5 Å². The van der Waals surface area contributed by atoms with Crippen molar-refractivity contribution in [3.05, 3.63) is 70.0 Å². The highest BCUT2D eigenvalue weighted by Gasteiger charge is 2.11. The molecular formula is C21H22N2O4S. The molecule has 0 unspecified atom stereocenters. The van der Waals surface area contributed by atoms with Crippen molar-refractivity contribution in [2.24, 2.45) is 0 Å². The maximum absolute atomic E-state index is 12.4. The molecule has 0 bridgehead atoms. The fourth-order valence-corrected chi connectivity index (χ4v) is 3.99. The van der Waals surface area contributed by atoms with Gasteiger partial charge in [-0.3, -0.25) is 13.5 Å². The van der Waals surface area contributed by atoms with E-state index in [0.717, 1.165) is 30.4 Å². The zero-order valence-corrected chi connectivity index (χ0v) is 16.2. The van der Waals surface area contributed by atoms with Crippen LogP contribution in [0.1, 0.15) is 46.4 Å². The molecule has 6 nitrogen and oxygen atoms in total. The molecule has 1 heterocycles. The predicted octanol–water partition coefficient (Wildman–Crippen LogP) is 3.75. The van der Waals surface area contributed by atoms with Crippen LogP contribution in [-0.2, 0) is 6.54 Å². The van der Waals surface area contributed by atoms with Crippen molar-refractivity contribution < 1.29 is 14.7 Å². The number of unbranched alkanes of at least 4 members (excludes halogenated alkanes) is 3. The lowest BCUT2D eigenvalue weighted by Crippen LogP contribution is -2.24. The number of carbonyl (C=O) groups is 2. The minimum Gasteiger partial charge on any atom is -0.478 e. The Labute approximate surface area is 166 Å². The van der Waals surface area contributed by atoms with Crippen molar-refractivity contribution in [3.8, 4) is 0 Å². The predicted molar refractivity (Wildman–Crippen MR) is 110 cm³/mol. The third-order valence-electron chi connectivity index (χ3n) is 4.50.